The first-order valence-electron chi connectivity index (χ1n) is 7.10. The Hall–Kier alpha value is -2.55. The molecular formula is C18H14N2O2S. The molecule has 0 amide bonds. The van der Waals surface area contributed by atoms with Crippen molar-refractivity contribution in [2.75, 3.05) is 7.11 Å². The maximum atomic E-state index is 12.8. The van der Waals surface area contributed by atoms with Gasteiger partial charge < -0.3 is 4.74 Å². The number of methoxy groups -OCH3 is 1. The zero-order valence-corrected chi connectivity index (χ0v) is 13.3. The zero-order valence-electron chi connectivity index (χ0n) is 12.5. The van der Waals surface area contributed by atoms with E-state index in [-0.39, 0.29) is 5.78 Å². The predicted molar refractivity (Wildman–Crippen MR) is 89.5 cm³/mol. The lowest BCUT2D eigenvalue weighted by molar-refractivity contribution is 0.0974. The molecule has 0 aliphatic heterocycles. The largest absolute Gasteiger partial charge is 0.380 e. The van der Waals surface area contributed by atoms with Crippen molar-refractivity contribution in [2.45, 2.75) is 12.5 Å². The van der Waals surface area contributed by atoms with Crippen molar-refractivity contribution in [1.82, 2.24) is 4.98 Å². The van der Waals surface area contributed by atoms with Crippen LogP contribution in [0.15, 0.2) is 48.5 Å². The van der Waals surface area contributed by atoms with E-state index < -0.39 is 5.92 Å². The van der Waals surface area contributed by atoms with E-state index in [9.17, 15) is 10.1 Å². The van der Waals surface area contributed by atoms with Crippen LogP contribution in [-0.4, -0.2) is 17.9 Å². The van der Waals surface area contributed by atoms with Crippen molar-refractivity contribution in [3.05, 3.63) is 64.7 Å². The second-order valence-electron chi connectivity index (χ2n) is 5.04. The average Bonchev–Trinajstić information content (AvgIpc) is 3.00. The van der Waals surface area contributed by atoms with Gasteiger partial charge >= 0.3 is 0 Å². The molecule has 1 heterocycles. The third-order valence-corrected chi connectivity index (χ3v) is 4.63. The number of para-hydroxylation sites is 1. The topological polar surface area (TPSA) is 63.0 Å². The van der Waals surface area contributed by atoms with Crippen molar-refractivity contribution in [2.24, 2.45) is 0 Å². The number of carbonyl (C=O) groups is 1. The highest BCUT2D eigenvalue weighted by molar-refractivity contribution is 7.18. The number of hydrogen-bond acceptors (Lipinski definition) is 5. The van der Waals surface area contributed by atoms with Gasteiger partial charge in [0.25, 0.3) is 0 Å². The summed E-state index contributed by atoms with van der Waals surface area (Å²) in [5, 5.41) is 10.1. The minimum atomic E-state index is -0.898. The van der Waals surface area contributed by atoms with E-state index in [1.165, 1.54) is 11.3 Å². The number of rotatable bonds is 5. The van der Waals surface area contributed by atoms with Gasteiger partial charge in [0.1, 0.15) is 5.01 Å². The molecule has 23 heavy (non-hydrogen) atoms. The van der Waals surface area contributed by atoms with Crippen LogP contribution in [-0.2, 0) is 11.3 Å². The van der Waals surface area contributed by atoms with Crippen LogP contribution in [0.25, 0.3) is 10.2 Å². The SMILES string of the molecule is COCc1ccccc1C(=O)C(C#N)c1nc2ccccc2s1. The molecule has 0 saturated carbocycles. The van der Waals surface area contributed by atoms with Crippen molar-refractivity contribution >= 4 is 27.3 Å². The lowest BCUT2D eigenvalue weighted by atomic mass is 9.95. The maximum Gasteiger partial charge on any atom is 0.187 e. The Labute approximate surface area is 138 Å². The smallest absolute Gasteiger partial charge is 0.187 e. The number of ether oxygens (including phenoxy) is 1. The summed E-state index contributed by atoms with van der Waals surface area (Å²) in [6.07, 6.45) is 0. The number of carbonyl (C=O) groups excluding carboxylic acids is 1. The third kappa shape index (κ3) is 3.00. The van der Waals surface area contributed by atoms with Crippen molar-refractivity contribution in [3.63, 3.8) is 0 Å². The highest BCUT2D eigenvalue weighted by Crippen LogP contribution is 2.30. The molecular weight excluding hydrogens is 308 g/mol. The van der Waals surface area contributed by atoms with Gasteiger partial charge in [0.2, 0.25) is 0 Å². The van der Waals surface area contributed by atoms with Crippen LogP contribution in [0.1, 0.15) is 26.8 Å². The van der Waals surface area contributed by atoms with E-state index in [2.05, 4.69) is 11.1 Å². The molecule has 3 rings (SSSR count). The van der Waals surface area contributed by atoms with Crippen LogP contribution in [0.4, 0.5) is 0 Å². The van der Waals surface area contributed by atoms with Gasteiger partial charge in [0.05, 0.1) is 22.9 Å². The maximum absolute atomic E-state index is 12.8. The number of nitrogens with zero attached hydrogens (tertiary/aromatic N) is 2. The van der Waals surface area contributed by atoms with E-state index in [1.807, 2.05) is 36.4 Å². The molecule has 0 saturated heterocycles. The fourth-order valence-corrected chi connectivity index (χ4v) is 3.45. The number of fused-ring (bicyclic) bond motifs is 1. The number of benzene rings is 2. The molecule has 1 unspecified atom stereocenters. The van der Waals surface area contributed by atoms with Crippen LogP contribution in [0.3, 0.4) is 0 Å². The Balaban J connectivity index is 2.01. The number of Topliss-reactive ketones (excluding diaryl/α,β-unsaturated/α-hetero) is 1. The highest BCUT2D eigenvalue weighted by Gasteiger charge is 2.26. The molecule has 0 aliphatic rings. The summed E-state index contributed by atoms with van der Waals surface area (Å²) in [6.45, 7) is 0.333. The molecule has 4 nitrogen and oxygen atoms in total. The predicted octanol–water partition coefficient (Wildman–Crippen LogP) is 3.93. The standard InChI is InChI=1S/C18H14N2O2S/c1-22-11-12-6-2-3-7-13(12)17(21)14(10-19)18-20-15-8-4-5-9-16(15)23-18/h2-9,14H,11H2,1H3. The molecule has 2 aromatic carbocycles. The molecule has 5 heteroatoms. The van der Waals surface area contributed by atoms with Crippen molar-refractivity contribution < 1.29 is 9.53 Å². The van der Waals surface area contributed by atoms with Gasteiger partial charge in [-0.25, -0.2) is 4.98 Å². The van der Waals surface area contributed by atoms with Crippen LogP contribution in [0.2, 0.25) is 0 Å². The van der Waals surface area contributed by atoms with E-state index in [4.69, 9.17) is 4.74 Å². The summed E-state index contributed by atoms with van der Waals surface area (Å²) < 4.78 is 6.11. The second kappa shape index (κ2) is 6.69. The molecule has 0 spiro atoms. The summed E-state index contributed by atoms with van der Waals surface area (Å²) >= 11 is 1.39. The minimum Gasteiger partial charge on any atom is -0.380 e. The molecule has 0 aliphatic carbocycles. The van der Waals surface area contributed by atoms with Crippen LogP contribution >= 0.6 is 11.3 Å². The van der Waals surface area contributed by atoms with Crippen molar-refractivity contribution in [1.29, 1.82) is 5.26 Å². The normalized spacial score (nSPS) is 12.0. The van der Waals surface area contributed by atoms with Gasteiger partial charge in [-0.1, -0.05) is 36.4 Å². The van der Waals surface area contributed by atoms with Crippen LogP contribution in [0.5, 0.6) is 0 Å². The summed E-state index contributed by atoms with van der Waals surface area (Å²) in [5.41, 5.74) is 2.10. The quantitative estimate of drug-likeness (QED) is 0.668. The molecule has 3 aromatic rings. The summed E-state index contributed by atoms with van der Waals surface area (Å²) in [7, 11) is 1.58. The van der Waals surface area contributed by atoms with E-state index >= 15 is 0 Å². The summed E-state index contributed by atoms with van der Waals surface area (Å²) in [4.78, 5) is 17.3. The van der Waals surface area contributed by atoms with Crippen LogP contribution < -0.4 is 0 Å². The first kappa shape index (κ1) is 15.3. The number of ketones is 1. The molecule has 0 fully saturated rings. The summed E-state index contributed by atoms with van der Waals surface area (Å²) in [5.74, 6) is -1.13. The lowest BCUT2D eigenvalue weighted by Crippen LogP contribution is -2.13. The Bertz CT molecular complexity index is 862. The first-order chi connectivity index (χ1) is 11.2. The minimum absolute atomic E-state index is 0.237. The Kier molecular flexibility index (Phi) is 4.47. The van der Waals surface area contributed by atoms with E-state index in [0.717, 1.165) is 15.8 Å². The molecule has 0 bridgehead atoms. The highest BCUT2D eigenvalue weighted by atomic mass is 32.1. The van der Waals surface area contributed by atoms with Crippen molar-refractivity contribution in [3.8, 4) is 6.07 Å². The first-order valence-corrected chi connectivity index (χ1v) is 7.92. The van der Waals surface area contributed by atoms with Gasteiger partial charge in [-0.3, -0.25) is 4.79 Å². The van der Waals surface area contributed by atoms with Gasteiger partial charge in [-0.15, -0.1) is 11.3 Å². The molecule has 0 radical (unpaired) electrons. The van der Waals surface area contributed by atoms with Crippen LogP contribution in [0, 0.1) is 11.3 Å². The second-order valence-corrected chi connectivity index (χ2v) is 6.10. The monoisotopic (exact) mass is 322 g/mol. The Morgan fingerprint density at radius 2 is 2.00 bits per heavy atom. The number of hydrogen-bond donors (Lipinski definition) is 0. The fourth-order valence-electron chi connectivity index (χ4n) is 2.44. The third-order valence-electron chi connectivity index (χ3n) is 3.53. The van der Waals surface area contributed by atoms with Gasteiger partial charge in [0, 0.05) is 12.7 Å². The van der Waals surface area contributed by atoms with E-state index in [1.54, 1.807) is 19.2 Å². The number of nitriles is 1. The number of aromatic nitrogens is 1. The average molecular weight is 322 g/mol. The summed E-state index contributed by atoms with van der Waals surface area (Å²) in [6, 6.07) is 16.9. The van der Waals surface area contributed by atoms with Gasteiger partial charge in [-0.05, 0) is 17.7 Å². The molecule has 1 atom stereocenters. The molecule has 114 valence electrons. The molecule has 0 N–H and O–H groups in total. The van der Waals surface area contributed by atoms with Gasteiger partial charge in [0.15, 0.2) is 11.7 Å². The Morgan fingerprint density at radius 1 is 1.26 bits per heavy atom. The van der Waals surface area contributed by atoms with E-state index in [0.29, 0.717) is 17.2 Å². The lowest BCUT2D eigenvalue weighted by Gasteiger charge is -2.10. The number of thiazole rings is 1. The fraction of sp³-hybridized carbons (Fsp3) is 0.167. The molecule has 1 aromatic heterocycles. The van der Waals surface area contributed by atoms with Gasteiger partial charge in [-0.2, -0.15) is 5.26 Å². The zero-order chi connectivity index (χ0) is 16.2. The Morgan fingerprint density at radius 3 is 2.74 bits per heavy atom.